The van der Waals surface area contributed by atoms with Crippen molar-refractivity contribution in [3.63, 3.8) is 0 Å². The van der Waals surface area contributed by atoms with E-state index in [9.17, 15) is 24.9 Å². The molecule has 0 saturated heterocycles. The number of aromatic nitrogens is 1. The third-order valence-electron chi connectivity index (χ3n) is 6.30. The maximum atomic E-state index is 13.6. The summed E-state index contributed by atoms with van der Waals surface area (Å²) in [6.45, 7) is 3.42. The summed E-state index contributed by atoms with van der Waals surface area (Å²) in [4.78, 5) is 36.0. The number of benzene rings is 2. The second kappa shape index (κ2) is 13.5. The summed E-state index contributed by atoms with van der Waals surface area (Å²) in [7, 11) is 0. The number of rotatable bonds is 12. The summed E-state index contributed by atoms with van der Waals surface area (Å²) in [5.41, 5.74) is 17.5. The quantitative estimate of drug-likeness (QED) is 0.254. The van der Waals surface area contributed by atoms with E-state index in [2.05, 4.69) is 12.1 Å². The molecule has 3 aromatic rings. The molecule has 13 nitrogen and oxygen atoms in total. The van der Waals surface area contributed by atoms with Crippen LogP contribution in [0.25, 0.3) is 17.5 Å². The maximum Gasteiger partial charge on any atom is 0.274 e. The van der Waals surface area contributed by atoms with Crippen LogP contribution in [-0.2, 0) is 9.59 Å². The minimum Gasteiger partial charge on any atom is -0.490 e. The number of ether oxygens (including phenoxy) is 4. The van der Waals surface area contributed by atoms with Gasteiger partial charge in [-0.25, -0.2) is 0 Å². The van der Waals surface area contributed by atoms with Crippen LogP contribution in [0.3, 0.4) is 0 Å². The topological polar surface area (TPSA) is 219 Å². The lowest BCUT2D eigenvalue weighted by Crippen LogP contribution is -2.38. The van der Waals surface area contributed by atoms with Crippen LogP contribution in [-0.4, -0.2) is 42.8 Å². The van der Waals surface area contributed by atoms with E-state index >= 15 is 0 Å². The van der Waals surface area contributed by atoms with Gasteiger partial charge in [-0.05, 0) is 55.3 Å². The Labute approximate surface area is 255 Å². The van der Waals surface area contributed by atoms with Crippen molar-refractivity contribution in [1.82, 2.24) is 4.57 Å². The number of thiazole rings is 1. The van der Waals surface area contributed by atoms with Crippen LogP contribution >= 0.6 is 11.3 Å². The van der Waals surface area contributed by atoms with Crippen molar-refractivity contribution in [2.24, 2.45) is 17.2 Å². The normalized spacial score (nSPS) is 14.3. The highest BCUT2D eigenvalue weighted by atomic mass is 32.1. The summed E-state index contributed by atoms with van der Waals surface area (Å²) in [6, 6.07) is 13.9. The molecule has 1 aromatic heterocycles. The summed E-state index contributed by atoms with van der Waals surface area (Å²) < 4.78 is 23.9. The molecule has 4 rings (SSSR count). The van der Waals surface area contributed by atoms with Crippen LogP contribution in [0.2, 0.25) is 0 Å². The van der Waals surface area contributed by atoms with Gasteiger partial charge in [0.25, 0.3) is 17.4 Å². The first-order valence-electron chi connectivity index (χ1n) is 13.3. The molecule has 44 heavy (non-hydrogen) atoms. The minimum atomic E-state index is -0.911. The average molecular weight is 617 g/mol. The largest absolute Gasteiger partial charge is 0.490 e. The molecule has 0 saturated carbocycles. The number of nitrogens with zero attached hydrogens (tertiary/aromatic N) is 3. The number of allylic oxidation sites excluding steroid dienone is 1. The number of hydrogen-bond acceptors (Lipinski definition) is 11. The first-order valence-corrected chi connectivity index (χ1v) is 14.1. The predicted molar refractivity (Wildman–Crippen MR) is 161 cm³/mol. The van der Waals surface area contributed by atoms with Crippen molar-refractivity contribution in [3.8, 4) is 35.1 Å². The summed E-state index contributed by atoms with van der Waals surface area (Å²) in [5, 5.41) is 20.4. The molecule has 226 valence electrons. The molecular weight excluding hydrogens is 588 g/mol. The monoisotopic (exact) mass is 616 g/mol. The third-order valence-corrected chi connectivity index (χ3v) is 7.40. The number of hydrogen-bond donors (Lipinski definition) is 3. The summed E-state index contributed by atoms with van der Waals surface area (Å²) in [5.74, 6) is -1.17. The van der Waals surface area contributed by atoms with Gasteiger partial charge in [-0.1, -0.05) is 12.1 Å². The maximum absolute atomic E-state index is 13.6. The lowest BCUT2D eigenvalue weighted by molar-refractivity contribution is -0.120. The molecular formula is C30H28N6O7S. The van der Waals surface area contributed by atoms with E-state index in [1.54, 1.807) is 56.3 Å². The van der Waals surface area contributed by atoms with Gasteiger partial charge >= 0.3 is 0 Å². The van der Waals surface area contributed by atoms with Crippen molar-refractivity contribution in [2.45, 2.75) is 19.8 Å². The lowest BCUT2D eigenvalue weighted by atomic mass is 9.84. The number of nitriles is 2. The smallest absolute Gasteiger partial charge is 0.274 e. The first kappa shape index (κ1) is 31.2. The average Bonchev–Trinajstić information content (AvgIpc) is 3.31. The Bertz CT molecular complexity index is 1930. The van der Waals surface area contributed by atoms with Crippen molar-refractivity contribution in [3.05, 3.63) is 72.6 Å². The van der Waals surface area contributed by atoms with Crippen molar-refractivity contribution < 1.29 is 28.5 Å². The van der Waals surface area contributed by atoms with Crippen LogP contribution in [0.4, 0.5) is 0 Å². The predicted octanol–water partition coefficient (Wildman–Crippen LogP) is 0.387. The second-order valence-electron chi connectivity index (χ2n) is 9.21. The van der Waals surface area contributed by atoms with Crippen molar-refractivity contribution in [2.75, 3.05) is 26.4 Å². The lowest BCUT2D eigenvalue weighted by Gasteiger charge is -2.23. The molecule has 0 spiro atoms. The molecule has 0 fully saturated rings. The molecule has 2 heterocycles. The number of amides is 2. The Morgan fingerprint density at radius 1 is 0.886 bits per heavy atom. The summed E-state index contributed by atoms with van der Waals surface area (Å²) >= 11 is 1.04. The van der Waals surface area contributed by atoms with Gasteiger partial charge in [0.2, 0.25) is 0 Å². The van der Waals surface area contributed by atoms with E-state index in [0.717, 1.165) is 15.9 Å². The van der Waals surface area contributed by atoms with Gasteiger partial charge in [0.05, 0.1) is 46.9 Å². The molecule has 0 aliphatic carbocycles. The number of primary amides is 2. The molecule has 0 bridgehead atoms. The van der Waals surface area contributed by atoms with Crippen LogP contribution in [0, 0.1) is 22.7 Å². The van der Waals surface area contributed by atoms with Gasteiger partial charge in [0.15, 0.2) is 36.2 Å². The Morgan fingerprint density at radius 2 is 1.45 bits per heavy atom. The molecule has 2 amide bonds. The van der Waals surface area contributed by atoms with Gasteiger partial charge in [0, 0.05) is 0 Å². The Hall–Kier alpha value is -5.73. The second-order valence-corrected chi connectivity index (χ2v) is 10.2. The van der Waals surface area contributed by atoms with E-state index in [4.69, 9.17) is 36.1 Å². The van der Waals surface area contributed by atoms with E-state index < -0.39 is 23.3 Å². The Kier molecular flexibility index (Phi) is 9.57. The molecule has 14 heteroatoms. The molecule has 1 aliphatic rings. The summed E-state index contributed by atoms with van der Waals surface area (Å²) in [6.07, 6.45) is 1.60. The minimum absolute atomic E-state index is 0.00309. The zero-order valence-electron chi connectivity index (χ0n) is 23.8. The fourth-order valence-corrected chi connectivity index (χ4v) is 5.66. The van der Waals surface area contributed by atoms with E-state index in [1.807, 2.05) is 0 Å². The van der Waals surface area contributed by atoms with Crippen LogP contribution in [0.15, 0.2) is 46.8 Å². The molecule has 6 N–H and O–H groups in total. The van der Waals surface area contributed by atoms with Crippen molar-refractivity contribution >= 4 is 40.6 Å². The number of fused-ring (bicyclic) bond motifs is 1. The van der Waals surface area contributed by atoms with Crippen LogP contribution in [0.1, 0.15) is 30.9 Å². The molecule has 0 radical (unpaired) electrons. The zero-order valence-corrected chi connectivity index (χ0v) is 24.6. The standard InChI is InChI=1S/C30H28N6O7S/c1-3-40-22-9-16(5-7-20(22)42-14-25(33)37)10-24-29(39)36-28(35)18(12-31)27(19(13-32)30(36)44-24)17-6-8-21(43-15-26(34)38)23(11-17)41-4-2/h5-11,27H,3-4,14-15,35H2,1-2H3,(H2,33,37)(H2,34,38). The molecule has 2 aromatic carbocycles. The first-order chi connectivity index (χ1) is 21.1. The van der Waals surface area contributed by atoms with Gasteiger partial charge in [-0.3, -0.25) is 19.0 Å². The highest BCUT2D eigenvalue weighted by Crippen LogP contribution is 2.39. The van der Waals surface area contributed by atoms with Gasteiger partial charge in [0.1, 0.15) is 10.5 Å². The van der Waals surface area contributed by atoms with Gasteiger partial charge in [-0.2, -0.15) is 10.5 Å². The number of carbonyl (C=O) groups excluding carboxylic acids is 2. The highest BCUT2D eigenvalue weighted by molar-refractivity contribution is 7.07. The molecule has 1 atom stereocenters. The Balaban J connectivity index is 1.88. The fourth-order valence-electron chi connectivity index (χ4n) is 4.53. The fraction of sp³-hybridized carbons (Fsp3) is 0.233. The third kappa shape index (κ3) is 6.35. The van der Waals surface area contributed by atoms with E-state index in [0.29, 0.717) is 29.2 Å². The highest BCUT2D eigenvalue weighted by Gasteiger charge is 2.33. The van der Waals surface area contributed by atoms with Crippen LogP contribution in [0.5, 0.6) is 23.0 Å². The van der Waals surface area contributed by atoms with Gasteiger partial charge < -0.3 is 36.1 Å². The van der Waals surface area contributed by atoms with E-state index in [-0.39, 0.29) is 57.5 Å². The molecule has 1 aliphatic heterocycles. The number of carbonyl (C=O) groups is 2. The SMILES string of the molecule is CCOc1cc(C=c2sc3n(c2=O)C(N)=C(C#N)C(c2ccc(OCC(N)=O)c(OCC)c2)C=3C#N)ccc1OCC(N)=O. The van der Waals surface area contributed by atoms with Crippen LogP contribution < -0.4 is 50.9 Å². The zero-order chi connectivity index (χ0) is 32.0. The van der Waals surface area contributed by atoms with E-state index in [1.165, 1.54) is 0 Å². The molecule has 1 unspecified atom stereocenters. The van der Waals surface area contributed by atoms with Gasteiger partial charge in [-0.15, -0.1) is 11.3 Å². The number of nitrogens with two attached hydrogens (primary N) is 3. The van der Waals surface area contributed by atoms with Crippen molar-refractivity contribution in [1.29, 1.82) is 10.5 Å². The Morgan fingerprint density at radius 3 is 2.00 bits per heavy atom.